The van der Waals surface area contributed by atoms with E-state index in [1.807, 2.05) is 56.1 Å². The van der Waals surface area contributed by atoms with E-state index >= 15 is 0 Å². The number of carbonyl (C=O) groups is 4. The lowest BCUT2D eigenvalue weighted by atomic mass is 9.47. The van der Waals surface area contributed by atoms with E-state index < -0.39 is 51.6 Å². The number of hydrazine groups is 1. The maximum absolute atomic E-state index is 14.9. The number of carbonyl (C=O) groups excluding carboxylic acids is 4. The van der Waals surface area contributed by atoms with Crippen LogP contribution in [0.25, 0.3) is 10.9 Å². The SMILES string of the molecule is CC[C@]1(O)CC2CN(CCc3c([nH]c4ccccc34)[C@@](COC=O)(c3cc4c(cc3OC)N(C)[C@H]3C(O)(C(=O)NNC(=O)OCCSSCCC(C)=O)[C@H](O)[C@]5(CC)C=CCN6CC[C@]43[C@@H]65)C2)C1. The van der Waals surface area contributed by atoms with Crippen molar-refractivity contribution in [2.75, 3.05) is 76.5 Å². The molecule has 6 aliphatic rings. The highest BCUT2D eigenvalue weighted by atomic mass is 33.1. The summed E-state index contributed by atoms with van der Waals surface area (Å²) in [6, 6.07) is 11.0. The maximum Gasteiger partial charge on any atom is 0.426 e. The van der Waals surface area contributed by atoms with Gasteiger partial charge in [-0.15, -0.1) is 0 Å². The highest BCUT2D eigenvalue weighted by molar-refractivity contribution is 8.76. The van der Waals surface area contributed by atoms with E-state index in [1.165, 1.54) is 21.6 Å². The van der Waals surface area contributed by atoms with Crippen molar-refractivity contribution in [3.05, 3.63) is 70.9 Å². The minimum atomic E-state index is -2.49. The minimum Gasteiger partial charge on any atom is -0.496 e. The summed E-state index contributed by atoms with van der Waals surface area (Å²) in [4.78, 5) is 62.1. The first-order valence-electron chi connectivity index (χ1n) is 24.0. The Balaban J connectivity index is 1.17. The molecule has 3 unspecified atom stereocenters. The summed E-state index contributed by atoms with van der Waals surface area (Å²) >= 11 is 0. The zero-order chi connectivity index (χ0) is 48.2. The molecule has 1 aromatic heterocycles. The number of benzene rings is 2. The van der Waals surface area contributed by atoms with Crippen LogP contribution in [-0.2, 0) is 41.1 Å². The predicted molar refractivity (Wildman–Crippen MR) is 262 cm³/mol. The number of anilines is 1. The molecule has 6 N–H and O–H groups in total. The van der Waals surface area contributed by atoms with Gasteiger partial charge < -0.3 is 39.4 Å². The Kier molecular flexibility index (Phi) is 13.5. The molecule has 1 spiro atoms. The minimum absolute atomic E-state index is 0.0146. The Labute approximate surface area is 405 Å². The van der Waals surface area contributed by atoms with Crippen LogP contribution in [-0.4, -0.2) is 155 Å². The van der Waals surface area contributed by atoms with Gasteiger partial charge in [0.05, 0.1) is 24.2 Å². The zero-order valence-electron chi connectivity index (χ0n) is 39.7. The molecule has 2 amide bonds. The Morgan fingerprint density at radius 1 is 1.01 bits per heavy atom. The van der Waals surface area contributed by atoms with Crippen LogP contribution in [0.3, 0.4) is 0 Å². The van der Waals surface area contributed by atoms with E-state index in [-0.39, 0.29) is 31.0 Å². The van der Waals surface area contributed by atoms with E-state index in [0.29, 0.717) is 88.3 Å². The number of ketones is 1. The van der Waals surface area contributed by atoms with Gasteiger partial charge in [0, 0.05) is 102 Å². The van der Waals surface area contributed by atoms with Gasteiger partial charge in [-0.25, -0.2) is 10.2 Å². The maximum atomic E-state index is 14.9. The molecule has 6 heterocycles. The summed E-state index contributed by atoms with van der Waals surface area (Å²) in [7, 11) is 6.43. The van der Waals surface area contributed by atoms with Gasteiger partial charge in [0.1, 0.15) is 30.9 Å². The number of amides is 2. The first-order chi connectivity index (χ1) is 32.7. The van der Waals surface area contributed by atoms with Gasteiger partial charge in [-0.1, -0.05) is 65.8 Å². The largest absolute Gasteiger partial charge is 0.496 e. The fourth-order valence-corrected chi connectivity index (χ4v) is 15.7. The van der Waals surface area contributed by atoms with E-state index in [9.17, 15) is 34.5 Å². The molecule has 16 nitrogen and oxygen atoms in total. The van der Waals surface area contributed by atoms with Gasteiger partial charge in [0.15, 0.2) is 5.60 Å². The van der Waals surface area contributed by atoms with Crippen LogP contribution in [0.4, 0.5) is 10.5 Å². The monoisotopic (exact) mass is 974 g/mol. The van der Waals surface area contributed by atoms with Gasteiger partial charge >= 0.3 is 6.09 Å². The van der Waals surface area contributed by atoms with Crippen molar-refractivity contribution in [2.45, 2.75) is 106 Å². The van der Waals surface area contributed by atoms with Crippen molar-refractivity contribution in [2.24, 2.45) is 11.3 Å². The van der Waals surface area contributed by atoms with Gasteiger partial charge in [-0.3, -0.25) is 29.6 Å². The lowest BCUT2D eigenvalue weighted by molar-refractivity contribution is -0.204. The summed E-state index contributed by atoms with van der Waals surface area (Å²) in [5, 5.41) is 39.3. The Morgan fingerprint density at radius 3 is 2.56 bits per heavy atom. The molecule has 1 aliphatic carbocycles. The number of H-pyrrole nitrogens is 1. The Morgan fingerprint density at radius 2 is 1.81 bits per heavy atom. The van der Waals surface area contributed by atoms with Crippen molar-refractivity contribution in [1.29, 1.82) is 0 Å². The van der Waals surface area contributed by atoms with Crippen molar-refractivity contribution >= 4 is 62.4 Å². The molecule has 0 radical (unpaired) electrons. The van der Waals surface area contributed by atoms with Crippen molar-refractivity contribution in [3.8, 4) is 5.75 Å². The molecule has 1 saturated carbocycles. The van der Waals surface area contributed by atoms with E-state index in [2.05, 4.69) is 43.8 Å². The smallest absolute Gasteiger partial charge is 0.426 e. The molecular formula is C50H66N6O10S2. The molecule has 2 saturated heterocycles. The number of nitrogens with one attached hydrogen (secondary N) is 3. The number of hydrogen-bond acceptors (Lipinski definition) is 15. The van der Waals surface area contributed by atoms with Gasteiger partial charge in [-0.05, 0) is 81.2 Å². The number of ether oxygens (including phenoxy) is 3. The van der Waals surface area contributed by atoms with Crippen LogP contribution in [0.1, 0.15) is 81.7 Å². The number of nitrogens with zero attached hydrogens (tertiary/aromatic N) is 3. The lowest BCUT2D eigenvalue weighted by Gasteiger charge is -2.63. The number of piperidine rings is 1. The van der Waals surface area contributed by atoms with Crippen LogP contribution in [0.2, 0.25) is 0 Å². The summed E-state index contributed by atoms with van der Waals surface area (Å²) < 4.78 is 17.8. The fraction of sp³-hybridized carbons (Fsp3) is 0.600. The highest BCUT2D eigenvalue weighted by Gasteiger charge is 2.78. The van der Waals surface area contributed by atoms with E-state index in [1.54, 1.807) is 14.0 Å². The third kappa shape index (κ3) is 7.71. The average Bonchev–Trinajstić information content (AvgIpc) is 4.00. The predicted octanol–water partition coefficient (Wildman–Crippen LogP) is 4.37. The molecule has 3 fully saturated rings. The van der Waals surface area contributed by atoms with Crippen molar-refractivity contribution in [1.82, 2.24) is 25.6 Å². The van der Waals surface area contributed by atoms with Crippen LogP contribution >= 0.6 is 21.6 Å². The lowest BCUT2D eigenvalue weighted by Crippen LogP contribution is -2.82. The van der Waals surface area contributed by atoms with Crippen LogP contribution in [0, 0.1) is 11.3 Å². The molecule has 18 heteroatoms. The molecule has 2 aromatic carbocycles. The van der Waals surface area contributed by atoms with Crippen molar-refractivity contribution in [3.63, 3.8) is 0 Å². The number of aromatic amines is 1. The third-order valence-electron chi connectivity index (χ3n) is 16.5. The number of hydrogen-bond donors (Lipinski definition) is 6. The molecule has 3 aromatic rings. The standard InChI is InChI=1S/C50H66N6O10S2/c1-6-46(62)25-32-26-48(29-65-30-57,40-34(13-18-55(27-32)28-46)33-11-8-9-12-37(33)51-40)36-23-35-38(24-39(36)64-5)54(4)42-49(35)16-19-56-17-10-15-47(7-2,41(49)56)43(59)50(42,63)44(60)52-53-45(61)66-20-22-68-67-21-14-31(3)58/h8-12,15,23-24,30,32,41-43,51,59,62-63H,6-7,13-14,16-22,25-29H2,1-5H3,(H,52,60)(H,53,61)/t32?,41-,42+,43+,46-,47+,48-,49+,50?/m0/s1. The summed E-state index contributed by atoms with van der Waals surface area (Å²) in [5.41, 5.74) is 3.66. The first kappa shape index (κ1) is 48.7. The quantitative estimate of drug-likeness (QED) is 0.0412. The number of aromatic nitrogens is 1. The number of Topliss-reactive ketones (excluding diaryl/α,β-unsaturated/α-hetero) is 1. The van der Waals surface area contributed by atoms with Gasteiger partial charge in [0.2, 0.25) is 0 Å². The average molecular weight is 975 g/mol. The number of rotatable bonds is 15. The van der Waals surface area contributed by atoms with Crippen LogP contribution < -0.4 is 20.5 Å². The topological polar surface area (TPSA) is 206 Å². The zero-order valence-corrected chi connectivity index (χ0v) is 41.3. The van der Waals surface area contributed by atoms with Crippen LogP contribution in [0.15, 0.2) is 48.6 Å². The molecular weight excluding hydrogens is 909 g/mol. The summed E-state index contributed by atoms with van der Waals surface area (Å²) in [6.07, 6.45) is 5.18. The fourth-order valence-electron chi connectivity index (χ4n) is 13.8. The number of fused-ring (bicyclic) bond motifs is 6. The summed E-state index contributed by atoms with van der Waals surface area (Å²) in [6.45, 7) is 9.35. The number of aliphatic hydroxyl groups excluding tert-OH is 1. The summed E-state index contributed by atoms with van der Waals surface area (Å²) in [5.74, 6) is 0.745. The normalized spacial score (nSPS) is 33.5. The molecule has 10 atom stereocenters. The second kappa shape index (κ2) is 18.8. The second-order valence-corrected chi connectivity index (χ2v) is 22.7. The number of likely N-dealkylation sites (N-methyl/N-ethyl adjacent to an activating group) is 1. The number of aliphatic hydroxyl groups is 3. The Hall–Kier alpha value is -4.30. The number of para-hydroxylation sites is 1. The molecule has 2 bridgehead atoms. The molecule has 68 heavy (non-hydrogen) atoms. The van der Waals surface area contributed by atoms with E-state index in [0.717, 1.165) is 52.1 Å². The van der Waals surface area contributed by atoms with E-state index in [4.69, 9.17) is 14.2 Å². The van der Waals surface area contributed by atoms with Crippen molar-refractivity contribution < 1.29 is 48.7 Å². The first-order valence-corrected chi connectivity index (χ1v) is 26.5. The Bertz CT molecular complexity index is 2470. The molecule has 9 rings (SSSR count). The number of methoxy groups -OCH3 is 1. The second-order valence-electron chi connectivity index (χ2n) is 20.0. The molecule has 5 aliphatic heterocycles. The van der Waals surface area contributed by atoms with Gasteiger partial charge in [0.25, 0.3) is 12.4 Å². The highest BCUT2D eigenvalue weighted by Crippen LogP contribution is 2.67. The van der Waals surface area contributed by atoms with Crippen LogP contribution in [0.5, 0.6) is 5.75 Å². The third-order valence-corrected chi connectivity index (χ3v) is 18.9. The molecule has 368 valence electrons. The van der Waals surface area contributed by atoms with Gasteiger partial charge in [-0.2, -0.15) is 0 Å².